The Morgan fingerprint density at radius 1 is 1.39 bits per heavy atom. The molecule has 3 nitrogen and oxygen atoms in total. The molecule has 1 fully saturated rings. The van der Waals surface area contributed by atoms with Gasteiger partial charge < -0.3 is 14.4 Å². The zero-order valence-corrected chi connectivity index (χ0v) is 11.9. The van der Waals surface area contributed by atoms with Gasteiger partial charge >= 0.3 is 0 Å². The van der Waals surface area contributed by atoms with Crippen LogP contribution in [0.3, 0.4) is 0 Å². The monoisotopic (exact) mass is 269 g/mol. The number of hydrogen-bond acceptors (Lipinski definition) is 3. The van der Waals surface area contributed by atoms with Crippen molar-refractivity contribution in [3.8, 4) is 0 Å². The van der Waals surface area contributed by atoms with Crippen LogP contribution in [-0.4, -0.2) is 26.2 Å². The second-order valence-corrected chi connectivity index (χ2v) is 5.68. The van der Waals surface area contributed by atoms with Gasteiger partial charge in [-0.3, -0.25) is 0 Å². The smallest absolute Gasteiger partial charge is 0.166 e. The molecule has 0 unspecified atom stereocenters. The Balaban J connectivity index is 2.08. The Labute approximate surface area is 114 Å². The third kappa shape index (κ3) is 2.97. The van der Waals surface area contributed by atoms with Gasteiger partial charge in [0.05, 0.1) is 0 Å². The Bertz CT molecular complexity index is 391. The number of benzene rings is 1. The average molecular weight is 270 g/mol. The molecule has 1 saturated heterocycles. The van der Waals surface area contributed by atoms with E-state index in [0.29, 0.717) is 13.3 Å². The van der Waals surface area contributed by atoms with E-state index in [1.54, 1.807) is 0 Å². The van der Waals surface area contributed by atoms with Gasteiger partial charge in [-0.05, 0) is 31.2 Å². The number of hydrogen-bond donors (Lipinski definition) is 0. The molecular weight excluding hydrogens is 250 g/mol. The summed E-state index contributed by atoms with van der Waals surface area (Å²) in [5.74, 6) is 0. The molecule has 1 atom stereocenters. The van der Waals surface area contributed by atoms with Crippen molar-refractivity contribution in [3.05, 3.63) is 29.3 Å². The Morgan fingerprint density at radius 3 is 2.61 bits per heavy atom. The van der Waals surface area contributed by atoms with Gasteiger partial charge in [0.2, 0.25) is 0 Å². The molecule has 0 aliphatic carbocycles. The predicted octanol–water partition coefficient (Wildman–Crippen LogP) is 3.52. The maximum absolute atomic E-state index is 5.90. The number of anilines is 1. The third-order valence-corrected chi connectivity index (χ3v) is 3.38. The summed E-state index contributed by atoms with van der Waals surface area (Å²) >= 11 is 5.90. The number of halogens is 1. The quantitative estimate of drug-likeness (QED) is 0.838. The first-order valence-electron chi connectivity index (χ1n) is 6.26. The van der Waals surface area contributed by atoms with Crippen LogP contribution in [0.2, 0.25) is 5.02 Å². The van der Waals surface area contributed by atoms with Crippen LogP contribution in [0.25, 0.3) is 0 Å². The number of ether oxygens (including phenoxy) is 2. The molecule has 2 rings (SSSR count). The summed E-state index contributed by atoms with van der Waals surface area (Å²) in [5.41, 5.74) is 1.09. The molecule has 0 N–H and O–H groups in total. The van der Waals surface area contributed by atoms with Crippen LogP contribution in [0.1, 0.15) is 20.8 Å². The van der Waals surface area contributed by atoms with Crippen molar-refractivity contribution in [2.24, 2.45) is 5.41 Å². The average Bonchev–Trinajstić information content (AvgIpc) is 2.32. The van der Waals surface area contributed by atoms with E-state index in [4.69, 9.17) is 21.1 Å². The maximum Gasteiger partial charge on any atom is 0.166 e. The van der Waals surface area contributed by atoms with Crippen molar-refractivity contribution in [2.75, 3.05) is 24.8 Å². The van der Waals surface area contributed by atoms with Crippen molar-refractivity contribution in [1.82, 2.24) is 0 Å². The normalized spacial score (nSPS) is 23.1. The van der Waals surface area contributed by atoms with Crippen LogP contribution in [-0.2, 0) is 9.47 Å². The lowest BCUT2D eigenvalue weighted by atomic mass is 9.90. The van der Waals surface area contributed by atoms with E-state index in [-0.39, 0.29) is 11.7 Å². The molecule has 4 heteroatoms. The SMILES string of the molecule is CCO[C@H]1OCN(c2ccc(Cl)cc2)CC1(C)C. The Morgan fingerprint density at radius 2 is 2.06 bits per heavy atom. The fourth-order valence-corrected chi connectivity index (χ4v) is 2.36. The van der Waals surface area contributed by atoms with Crippen LogP contribution in [0.5, 0.6) is 0 Å². The zero-order valence-electron chi connectivity index (χ0n) is 11.1. The molecule has 100 valence electrons. The molecule has 0 bridgehead atoms. The molecule has 1 aromatic rings. The van der Waals surface area contributed by atoms with Gasteiger partial charge in [-0.25, -0.2) is 0 Å². The standard InChI is InChI=1S/C14H20ClNO2/c1-4-17-13-14(2,3)9-16(10-18-13)12-7-5-11(15)6-8-12/h5-8,13H,4,9-10H2,1-3H3/t13-/m0/s1. The van der Waals surface area contributed by atoms with E-state index >= 15 is 0 Å². The summed E-state index contributed by atoms with van der Waals surface area (Å²) in [6.45, 7) is 8.44. The molecule has 0 spiro atoms. The maximum atomic E-state index is 5.90. The summed E-state index contributed by atoms with van der Waals surface area (Å²) in [7, 11) is 0. The van der Waals surface area contributed by atoms with Crippen molar-refractivity contribution >= 4 is 17.3 Å². The van der Waals surface area contributed by atoms with Gasteiger partial charge in [0, 0.05) is 29.3 Å². The fraction of sp³-hybridized carbons (Fsp3) is 0.571. The minimum Gasteiger partial charge on any atom is -0.352 e. The lowest BCUT2D eigenvalue weighted by molar-refractivity contribution is -0.211. The second-order valence-electron chi connectivity index (χ2n) is 5.25. The molecule has 0 radical (unpaired) electrons. The van der Waals surface area contributed by atoms with Gasteiger partial charge in [-0.1, -0.05) is 25.4 Å². The predicted molar refractivity (Wildman–Crippen MR) is 73.9 cm³/mol. The van der Waals surface area contributed by atoms with Gasteiger partial charge in [-0.15, -0.1) is 0 Å². The number of nitrogens with zero attached hydrogens (tertiary/aromatic N) is 1. The molecule has 1 aliphatic heterocycles. The number of rotatable bonds is 3. The van der Waals surface area contributed by atoms with Gasteiger partial charge in [0.25, 0.3) is 0 Å². The van der Waals surface area contributed by atoms with Crippen molar-refractivity contribution in [3.63, 3.8) is 0 Å². The van der Waals surface area contributed by atoms with Crippen LogP contribution < -0.4 is 4.90 Å². The van der Waals surface area contributed by atoms with Crippen molar-refractivity contribution < 1.29 is 9.47 Å². The molecule has 18 heavy (non-hydrogen) atoms. The topological polar surface area (TPSA) is 21.7 Å². The first-order chi connectivity index (χ1) is 8.53. The minimum atomic E-state index is -0.133. The van der Waals surface area contributed by atoms with Crippen LogP contribution in [0, 0.1) is 5.41 Å². The highest BCUT2D eigenvalue weighted by Gasteiger charge is 2.37. The summed E-state index contributed by atoms with van der Waals surface area (Å²) < 4.78 is 11.4. The molecule has 0 saturated carbocycles. The first-order valence-corrected chi connectivity index (χ1v) is 6.64. The lowest BCUT2D eigenvalue weighted by Gasteiger charge is -2.44. The lowest BCUT2D eigenvalue weighted by Crippen LogP contribution is -2.51. The van der Waals surface area contributed by atoms with E-state index in [0.717, 1.165) is 17.3 Å². The molecule has 1 aliphatic rings. The second kappa shape index (κ2) is 5.47. The Hall–Kier alpha value is -0.770. The highest BCUT2D eigenvalue weighted by Crippen LogP contribution is 2.32. The van der Waals surface area contributed by atoms with Crippen molar-refractivity contribution in [2.45, 2.75) is 27.1 Å². The van der Waals surface area contributed by atoms with E-state index in [2.05, 4.69) is 18.7 Å². The van der Waals surface area contributed by atoms with E-state index < -0.39 is 0 Å². The fourth-order valence-electron chi connectivity index (χ4n) is 2.24. The van der Waals surface area contributed by atoms with E-state index in [1.807, 2.05) is 31.2 Å². The largest absolute Gasteiger partial charge is 0.352 e. The molecular formula is C14H20ClNO2. The zero-order chi connectivity index (χ0) is 13.2. The molecule has 1 aromatic carbocycles. The first kappa shape index (κ1) is 13.7. The highest BCUT2D eigenvalue weighted by molar-refractivity contribution is 6.30. The summed E-state index contributed by atoms with van der Waals surface area (Å²) in [4.78, 5) is 2.20. The van der Waals surface area contributed by atoms with E-state index in [9.17, 15) is 0 Å². The summed E-state index contributed by atoms with van der Waals surface area (Å²) in [6.07, 6.45) is -0.133. The van der Waals surface area contributed by atoms with Gasteiger partial charge in [0.1, 0.15) is 6.73 Å². The van der Waals surface area contributed by atoms with Crippen LogP contribution in [0.15, 0.2) is 24.3 Å². The molecule has 0 amide bonds. The highest BCUT2D eigenvalue weighted by atomic mass is 35.5. The summed E-state index contributed by atoms with van der Waals surface area (Å²) in [6, 6.07) is 7.84. The minimum absolute atomic E-state index is 0.0338. The van der Waals surface area contributed by atoms with Crippen molar-refractivity contribution in [1.29, 1.82) is 0 Å². The van der Waals surface area contributed by atoms with E-state index in [1.165, 1.54) is 0 Å². The van der Waals surface area contributed by atoms with Crippen LogP contribution in [0.4, 0.5) is 5.69 Å². The third-order valence-electron chi connectivity index (χ3n) is 3.13. The summed E-state index contributed by atoms with van der Waals surface area (Å²) in [5, 5.41) is 0.753. The van der Waals surface area contributed by atoms with Crippen LogP contribution >= 0.6 is 11.6 Å². The Kier molecular flexibility index (Phi) is 4.15. The van der Waals surface area contributed by atoms with Gasteiger partial charge in [-0.2, -0.15) is 0 Å². The molecule has 0 aromatic heterocycles. The molecule has 1 heterocycles. The van der Waals surface area contributed by atoms with Gasteiger partial charge in [0.15, 0.2) is 6.29 Å².